The molecule has 10 heavy (non-hydrogen) atoms. The fourth-order valence-electron chi connectivity index (χ4n) is 1.13. The number of Topliss-reactive ketones (excluding diaryl/α,β-unsaturated/α-hetero) is 1. The number of aliphatic hydroxyl groups is 1. The van der Waals surface area contributed by atoms with Gasteiger partial charge in [0, 0.05) is 12.8 Å². The van der Waals surface area contributed by atoms with Crippen molar-refractivity contribution in [3.8, 4) is 0 Å². The molecule has 0 aromatic heterocycles. The Morgan fingerprint density at radius 3 is 2.40 bits per heavy atom. The second kappa shape index (κ2) is 2.38. The third-order valence-electron chi connectivity index (χ3n) is 1.71. The lowest BCUT2D eigenvalue weighted by Crippen LogP contribution is -2.29. The van der Waals surface area contributed by atoms with Crippen LogP contribution in [0.4, 0.5) is 0 Å². The predicted molar refractivity (Wildman–Crippen MR) is 32.9 cm³/mol. The van der Waals surface area contributed by atoms with E-state index in [1.807, 2.05) is 0 Å². The number of carbonyl (C=O) groups excluding carboxylic acids is 2. The number of ketones is 1. The molecule has 1 saturated carbocycles. The molecule has 0 bridgehead atoms. The van der Waals surface area contributed by atoms with Crippen molar-refractivity contribution in [2.24, 2.45) is 11.7 Å². The average molecular weight is 143 g/mol. The van der Waals surface area contributed by atoms with Crippen LogP contribution in [-0.2, 0) is 9.59 Å². The summed E-state index contributed by atoms with van der Waals surface area (Å²) >= 11 is 0. The molecule has 0 unspecified atom stereocenters. The molecule has 1 amide bonds. The van der Waals surface area contributed by atoms with E-state index in [1.165, 1.54) is 0 Å². The summed E-state index contributed by atoms with van der Waals surface area (Å²) in [4.78, 5) is 21.1. The highest BCUT2D eigenvalue weighted by molar-refractivity contribution is 5.90. The highest BCUT2D eigenvalue weighted by Gasteiger charge is 2.35. The van der Waals surface area contributed by atoms with Crippen molar-refractivity contribution in [2.45, 2.75) is 18.9 Å². The van der Waals surface area contributed by atoms with Crippen molar-refractivity contribution in [2.75, 3.05) is 0 Å². The van der Waals surface area contributed by atoms with Crippen LogP contribution in [0.5, 0.6) is 0 Å². The van der Waals surface area contributed by atoms with E-state index < -0.39 is 17.9 Å². The van der Waals surface area contributed by atoms with Gasteiger partial charge in [0.15, 0.2) is 0 Å². The fourth-order valence-corrected chi connectivity index (χ4v) is 1.13. The van der Waals surface area contributed by atoms with E-state index >= 15 is 0 Å². The number of hydrogen-bond donors (Lipinski definition) is 2. The predicted octanol–water partition coefficient (Wildman–Crippen LogP) is -1.19. The molecule has 0 saturated heterocycles. The minimum absolute atomic E-state index is 0.0770. The van der Waals surface area contributed by atoms with Gasteiger partial charge in [-0.25, -0.2) is 0 Å². The van der Waals surface area contributed by atoms with Crippen molar-refractivity contribution in [1.29, 1.82) is 0 Å². The summed E-state index contributed by atoms with van der Waals surface area (Å²) in [5, 5.41) is 9.01. The molecule has 1 aliphatic carbocycles. The van der Waals surface area contributed by atoms with Crippen LogP contribution in [0.15, 0.2) is 0 Å². The van der Waals surface area contributed by atoms with Crippen LogP contribution in [-0.4, -0.2) is 22.9 Å². The number of aliphatic hydroxyl groups excluding tert-OH is 1. The molecule has 0 aromatic rings. The van der Waals surface area contributed by atoms with Gasteiger partial charge in [-0.2, -0.15) is 0 Å². The van der Waals surface area contributed by atoms with Gasteiger partial charge in [0.25, 0.3) is 0 Å². The Hall–Kier alpha value is -0.900. The molecule has 0 aromatic carbocycles. The Kier molecular flexibility index (Phi) is 1.72. The minimum Gasteiger partial charge on any atom is -0.392 e. The average Bonchev–Trinajstić information content (AvgIpc) is 2.10. The fraction of sp³-hybridized carbons (Fsp3) is 0.667. The van der Waals surface area contributed by atoms with E-state index in [2.05, 4.69) is 0 Å². The Labute approximate surface area is 58.0 Å². The van der Waals surface area contributed by atoms with Crippen LogP contribution in [0.3, 0.4) is 0 Å². The maximum absolute atomic E-state index is 10.6. The number of amides is 1. The van der Waals surface area contributed by atoms with Gasteiger partial charge in [0.2, 0.25) is 5.91 Å². The normalized spacial score (nSPS) is 32.7. The number of primary amides is 1. The van der Waals surface area contributed by atoms with Crippen molar-refractivity contribution >= 4 is 11.7 Å². The van der Waals surface area contributed by atoms with Crippen molar-refractivity contribution in [3.05, 3.63) is 0 Å². The van der Waals surface area contributed by atoms with E-state index in [9.17, 15) is 9.59 Å². The van der Waals surface area contributed by atoms with Crippen LogP contribution < -0.4 is 5.73 Å². The molecule has 4 nitrogen and oxygen atoms in total. The van der Waals surface area contributed by atoms with Gasteiger partial charge in [-0.1, -0.05) is 0 Å². The first kappa shape index (κ1) is 7.21. The number of nitrogens with two attached hydrogens (primary N) is 1. The van der Waals surface area contributed by atoms with E-state index in [4.69, 9.17) is 10.8 Å². The number of rotatable bonds is 1. The minimum atomic E-state index is -0.843. The van der Waals surface area contributed by atoms with Crippen LogP contribution in [0.2, 0.25) is 0 Å². The topological polar surface area (TPSA) is 80.4 Å². The van der Waals surface area contributed by atoms with E-state index in [0.29, 0.717) is 0 Å². The summed E-state index contributed by atoms with van der Waals surface area (Å²) in [6.45, 7) is 0. The van der Waals surface area contributed by atoms with Crippen LogP contribution >= 0.6 is 0 Å². The molecule has 56 valence electrons. The Bertz CT molecular complexity index is 178. The maximum Gasteiger partial charge on any atom is 0.223 e. The van der Waals surface area contributed by atoms with Gasteiger partial charge < -0.3 is 10.8 Å². The van der Waals surface area contributed by atoms with Gasteiger partial charge in [0.1, 0.15) is 5.78 Å². The monoisotopic (exact) mass is 143 g/mol. The summed E-state index contributed by atoms with van der Waals surface area (Å²) < 4.78 is 0. The Morgan fingerprint density at radius 2 is 2.20 bits per heavy atom. The zero-order valence-corrected chi connectivity index (χ0v) is 5.41. The van der Waals surface area contributed by atoms with Crippen LogP contribution in [0.25, 0.3) is 0 Å². The third kappa shape index (κ3) is 1.16. The number of carbonyl (C=O) groups is 2. The second-order valence-corrected chi connectivity index (χ2v) is 2.52. The highest BCUT2D eigenvalue weighted by atomic mass is 16.3. The molecule has 1 fully saturated rings. The summed E-state index contributed by atoms with van der Waals surface area (Å²) in [6, 6.07) is 0. The maximum atomic E-state index is 10.6. The lowest BCUT2D eigenvalue weighted by molar-refractivity contribution is -0.125. The molecule has 1 rings (SSSR count). The molecule has 1 aliphatic rings. The summed E-state index contributed by atoms with van der Waals surface area (Å²) in [6.07, 6.45) is -0.658. The molecule has 2 atom stereocenters. The van der Waals surface area contributed by atoms with E-state index in [1.54, 1.807) is 0 Å². The zero-order valence-electron chi connectivity index (χ0n) is 5.41. The Balaban J connectivity index is 2.63. The summed E-state index contributed by atoms with van der Waals surface area (Å²) in [5.41, 5.74) is 4.90. The Morgan fingerprint density at radius 1 is 1.60 bits per heavy atom. The van der Waals surface area contributed by atoms with Gasteiger partial charge >= 0.3 is 0 Å². The largest absolute Gasteiger partial charge is 0.392 e. The zero-order chi connectivity index (χ0) is 7.72. The molecule has 0 heterocycles. The van der Waals surface area contributed by atoms with Gasteiger partial charge in [0.05, 0.1) is 12.0 Å². The van der Waals surface area contributed by atoms with E-state index in [-0.39, 0.29) is 18.6 Å². The van der Waals surface area contributed by atoms with Crippen LogP contribution in [0.1, 0.15) is 12.8 Å². The quantitative estimate of drug-likeness (QED) is 0.484. The molecule has 0 radical (unpaired) electrons. The first-order valence-electron chi connectivity index (χ1n) is 3.10. The van der Waals surface area contributed by atoms with Gasteiger partial charge in [-0.15, -0.1) is 0 Å². The molecule has 0 aliphatic heterocycles. The summed E-state index contributed by atoms with van der Waals surface area (Å²) in [5.74, 6) is -1.32. The lowest BCUT2D eigenvalue weighted by atomic mass is 10.1. The lowest BCUT2D eigenvalue weighted by Gasteiger charge is -2.06. The molecule has 3 N–H and O–H groups in total. The first-order valence-corrected chi connectivity index (χ1v) is 3.10. The van der Waals surface area contributed by atoms with Gasteiger partial charge in [-0.3, -0.25) is 9.59 Å². The number of hydrogen-bond acceptors (Lipinski definition) is 3. The van der Waals surface area contributed by atoms with Gasteiger partial charge in [-0.05, 0) is 0 Å². The van der Waals surface area contributed by atoms with Crippen LogP contribution in [0, 0.1) is 5.92 Å². The standard InChI is InChI=1S/C6H9NO3/c7-6(10)4-1-3(8)2-5(4)9/h4-5,9H,1-2H2,(H2,7,10)/t4-,5-/m1/s1. The first-order chi connectivity index (χ1) is 4.61. The molecular formula is C6H9NO3. The third-order valence-corrected chi connectivity index (χ3v) is 1.71. The molecule has 4 heteroatoms. The SMILES string of the molecule is NC(=O)[C@@H]1CC(=O)C[C@H]1O. The second-order valence-electron chi connectivity index (χ2n) is 2.52. The van der Waals surface area contributed by atoms with Crippen molar-refractivity contribution in [3.63, 3.8) is 0 Å². The highest BCUT2D eigenvalue weighted by Crippen LogP contribution is 2.21. The van der Waals surface area contributed by atoms with E-state index in [0.717, 1.165) is 0 Å². The molecular weight excluding hydrogens is 134 g/mol. The van der Waals surface area contributed by atoms with Crippen molar-refractivity contribution < 1.29 is 14.7 Å². The summed E-state index contributed by atoms with van der Waals surface area (Å²) in [7, 11) is 0. The van der Waals surface area contributed by atoms with Crippen molar-refractivity contribution in [1.82, 2.24) is 0 Å². The smallest absolute Gasteiger partial charge is 0.223 e. The molecule has 0 spiro atoms.